The Morgan fingerprint density at radius 2 is 1.62 bits per heavy atom. The van der Waals surface area contributed by atoms with Crippen LogP contribution in [0.15, 0.2) is 83.3 Å². The molecule has 1 aromatic heterocycles. The van der Waals surface area contributed by atoms with Gasteiger partial charge in [-0.3, -0.25) is 4.90 Å². The Balaban J connectivity index is 1.44. The van der Waals surface area contributed by atoms with Crippen LogP contribution in [0.5, 0.6) is 5.75 Å². The first kappa shape index (κ1) is 20.5. The van der Waals surface area contributed by atoms with Crippen LogP contribution in [0.4, 0.5) is 0 Å². The van der Waals surface area contributed by atoms with Crippen LogP contribution in [0, 0.1) is 6.92 Å². The predicted molar refractivity (Wildman–Crippen MR) is 124 cm³/mol. The van der Waals surface area contributed by atoms with Gasteiger partial charge in [0.1, 0.15) is 5.75 Å². The molecular formula is C27H27N3O2. The quantitative estimate of drug-likeness (QED) is 0.468. The van der Waals surface area contributed by atoms with Crippen LogP contribution in [0.25, 0.3) is 11.5 Å². The van der Waals surface area contributed by atoms with Crippen LogP contribution in [0.3, 0.4) is 0 Å². The summed E-state index contributed by atoms with van der Waals surface area (Å²) < 4.78 is 5.59. The summed E-state index contributed by atoms with van der Waals surface area (Å²) in [5.74, 6) is 1.41. The van der Waals surface area contributed by atoms with Crippen LogP contribution in [0.1, 0.15) is 35.4 Å². The van der Waals surface area contributed by atoms with Gasteiger partial charge < -0.3 is 9.52 Å². The number of nitrogens with zero attached hydrogens (tertiary/aromatic N) is 3. The summed E-state index contributed by atoms with van der Waals surface area (Å²) in [4.78, 5) is 2.52. The topological polar surface area (TPSA) is 62.4 Å². The smallest absolute Gasteiger partial charge is 0.247 e. The molecule has 32 heavy (non-hydrogen) atoms. The molecular weight excluding hydrogens is 398 g/mol. The molecule has 1 saturated heterocycles. The molecule has 0 unspecified atom stereocenters. The lowest BCUT2D eigenvalue weighted by Gasteiger charge is -2.43. The fraction of sp³-hybridized carbons (Fsp3) is 0.259. The third-order valence-corrected chi connectivity index (χ3v) is 6.57. The van der Waals surface area contributed by atoms with Crippen molar-refractivity contribution in [2.75, 3.05) is 13.1 Å². The third-order valence-electron chi connectivity index (χ3n) is 6.57. The summed E-state index contributed by atoms with van der Waals surface area (Å²) in [6.07, 6.45) is 1.98. The number of phenols is 1. The molecule has 4 aromatic rings. The van der Waals surface area contributed by atoms with E-state index in [0.29, 0.717) is 17.5 Å². The van der Waals surface area contributed by atoms with Gasteiger partial charge in [0.2, 0.25) is 11.8 Å². The van der Waals surface area contributed by atoms with Gasteiger partial charge in [-0.2, -0.15) is 0 Å². The summed E-state index contributed by atoms with van der Waals surface area (Å²) in [6, 6.07) is 26.8. The van der Waals surface area contributed by atoms with E-state index in [1.54, 1.807) is 13.0 Å². The molecule has 0 bridgehead atoms. The molecule has 5 rings (SSSR count). The van der Waals surface area contributed by atoms with Gasteiger partial charge in [0.25, 0.3) is 0 Å². The van der Waals surface area contributed by atoms with E-state index >= 15 is 0 Å². The highest BCUT2D eigenvalue weighted by molar-refractivity contribution is 5.55. The van der Waals surface area contributed by atoms with Crippen molar-refractivity contribution in [3.8, 4) is 17.2 Å². The van der Waals surface area contributed by atoms with Crippen molar-refractivity contribution < 1.29 is 9.52 Å². The van der Waals surface area contributed by atoms with Gasteiger partial charge in [-0.15, -0.1) is 10.2 Å². The molecule has 0 aliphatic carbocycles. The summed E-state index contributed by atoms with van der Waals surface area (Å²) in [7, 11) is 0. The van der Waals surface area contributed by atoms with Crippen LogP contribution < -0.4 is 0 Å². The first-order valence-electron chi connectivity index (χ1n) is 11.1. The second kappa shape index (κ2) is 8.60. The minimum atomic E-state index is -0.144. The fourth-order valence-corrected chi connectivity index (χ4v) is 4.83. The monoisotopic (exact) mass is 425 g/mol. The highest BCUT2D eigenvalue weighted by Crippen LogP contribution is 2.43. The lowest BCUT2D eigenvalue weighted by Crippen LogP contribution is -2.43. The number of phenolic OH excluding ortho intramolecular Hbond substituents is 1. The molecule has 1 aliphatic heterocycles. The highest BCUT2D eigenvalue weighted by atomic mass is 16.4. The number of hydrogen-bond acceptors (Lipinski definition) is 5. The van der Waals surface area contributed by atoms with E-state index in [1.807, 2.05) is 12.1 Å². The summed E-state index contributed by atoms with van der Waals surface area (Å²) >= 11 is 0. The summed E-state index contributed by atoms with van der Waals surface area (Å²) in [5, 5.41) is 18.3. The Morgan fingerprint density at radius 1 is 0.875 bits per heavy atom. The van der Waals surface area contributed by atoms with Crippen LogP contribution in [-0.2, 0) is 12.0 Å². The molecule has 1 N–H and O–H groups in total. The van der Waals surface area contributed by atoms with Crippen LogP contribution in [-0.4, -0.2) is 33.3 Å². The van der Waals surface area contributed by atoms with Crippen molar-refractivity contribution in [1.82, 2.24) is 15.1 Å². The summed E-state index contributed by atoms with van der Waals surface area (Å²) in [6.45, 7) is 4.75. The number of aromatic hydroxyl groups is 1. The van der Waals surface area contributed by atoms with Crippen LogP contribution in [0.2, 0.25) is 0 Å². The van der Waals surface area contributed by atoms with Gasteiger partial charge in [0.15, 0.2) is 0 Å². The van der Waals surface area contributed by atoms with Gasteiger partial charge >= 0.3 is 0 Å². The zero-order valence-electron chi connectivity index (χ0n) is 18.2. The number of benzene rings is 3. The Morgan fingerprint density at radius 3 is 2.28 bits per heavy atom. The van der Waals surface area contributed by atoms with Gasteiger partial charge in [-0.1, -0.05) is 54.6 Å². The number of hydrogen-bond donors (Lipinski definition) is 1. The maximum atomic E-state index is 10.2. The average molecular weight is 426 g/mol. The average Bonchev–Trinajstić information content (AvgIpc) is 3.27. The number of aromatic nitrogens is 2. The molecule has 5 nitrogen and oxygen atoms in total. The zero-order chi connectivity index (χ0) is 22.0. The molecule has 1 aliphatic rings. The molecule has 0 saturated carbocycles. The van der Waals surface area contributed by atoms with Gasteiger partial charge in [-0.25, -0.2) is 0 Å². The fourth-order valence-electron chi connectivity index (χ4n) is 4.83. The van der Waals surface area contributed by atoms with E-state index in [0.717, 1.165) is 38.0 Å². The molecule has 2 heterocycles. The molecule has 0 atom stereocenters. The Labute approximate surface area is 188 Å². The van der Waals surface area contributed by atoms with Crippen molar-refractivity contribution in [3.05, 3.63) is 101 Å². The highest BCUT2D eigenvalue weighted by Gasteiger charge is 2.38. The summed E-state index contributed by atoms with van der Waals surface area (Å²) in [5.41, 5.74) is 4.54. The largest absolute Gasteiger partial charge is 0.508 e. The SMILES string of the molecule is Cc1nnc(-c2ccc(C3(c4cccc(O)c4)CCN(Cc4ccccc4)CC3)cc2)o1. The second-order valence-corrected chi connectivity index (χ2v) is 8.60. The Hall–Kier alpha value is -3.44. The maximum absolute atomic E-state index is 10.2. The first-order valence-corrected chi connectivity index (χ1v) is 11.1. The Kier molecular flexibility index (Phi) is 5.50. The molecule has 0 spiro atoms. The van der Waals surface area contributed by atoms with Gasteiger partial charge in [0.05, 0.1) is 0 Å². The minimum absolute atomic E-state index is 0.144. The van der Waals surface area contributed by atoms with Crippen molar-refractivity contribution in [2.45, 2.75) is 31.7 Å². The normalized spacial score (nSPS) is 16.2. The third kappa shape index (κ3) is 4.04. The number of likely N-dealkylation sites (tertiary alicyclic amines) is 1. The van der Waals surface area contributed by atoms with Crippen LogP contribution >= 0.6 is 0 Å². The molecule has 3 aromatic carbocycles. The van der Waals surface area contributed by atoms with E-state index in [-0.39, 0.29) is 5.41 Å². The van der Waals surface area contributed by atoms with E-state index < -0.39 is 0 Å². The maximum Gasteiger partial charge on any atom is 0.247 e. The first-order chi connectivity index (χ1) is 15.6. The molecule has 162 valence electrons. The molecule has 0 amide bonds. The molecule has 1 fully saturated rings. The predicted octanol–water partition coefficient (Wildman–Crippen LogP) is 5.33. The number of aryl methyl sites for hydroxylation is 1. The van der Waals surface area contributed by atoms with Crippen molar-refractivity contribution in [3.63, 3.8) is 0 Å². The molecule has 0 radical (unpaired) electrons. The zero-order valence-corrected chi connectivity index (χ0v) is 18.2. The number of rotatable bonds is 5. The standard InChI is InChI=1S/C27H27N3O2/c1-20-28-29-26(32-20)22-10-12-23(13-11-22)27(24-8-5-9-25(31)18-24)14-16-30(17-15-27)19-21-6-3-2-4-7-21/h2-13,18,31H,14-17,19H2,1H3. The number of piperidine rings is 1. The van der Waals surface area contributed by atoms with Gasteiger partial charge in [-0.05, 0) is 66.9 Å². The van der Waals surface area contributed by atoms with Crippen molar-refractivity contribution >= 4 is 0 Å². The minimum Gasteiger partial charge on any atom is -0.508 e. The van der Waals surface area contributed by atoms with E-state index in [4.69, 9.17) is 4.42 Å². The van der Waals surface area contributed by atoms with E-state index in [9.17, 15) is 5.11 Å². The van der Waals surface area contributed by atoms with E-state index in [2.05, 4.69) is 75.8 Å². The van der Waals surface area contributed by atoms with Crippen molar-refractivity contribution in [1.29, 1.82) is 0 Å². The van der Waals surface area contributed by atoms with Crippen molar-refractivity contribution in [2.24, 2.45) is 0 Å². The second-order valence-electron chi connectivity index (χ2n) is 8.60. The Bertz CT molecular complexity index is 1180. The lowest BCUT2D eigenvalue weighted by atomic mass is 9.68. The van der Waals surface area contributed by atoms with E-state index in [1.165, 1.54) is 16.7 Å². The molecule has 5 heteroatoms. The van der Waals surface area contributed by atoms with Gasteiger partial charge in [0, 0.05) is 24.4 Å². The lowest BCUT2D eigenvalue weighted by molar-refractivity contribution is 0.172.